The Kier molecular flexibility index (Phi) is 14.4. The zero-order valence-corrected chi connectivity index (χ0v) is 43.4. The number of thiazole rings is 2. The second-order valence-electron chi connectivity index (χ2n) is 18.8. The van der Waals surface area contributed by atoms with Crippen LogP contribution < -0.4 is 10.2 Å². The number of hydrogen-bond acceptors (Lipinski definition) is 12. The molecule has 64 heavy (non-hydrogen) atoms. The van der Waals surface area contributed by atoms with E-state index in [4.69, 9.17) is 42.6 Å². The van der Waals surface area contributed by atoms with E-state index in [1.807, 2.05) is 62.0 Å². The van der Waals surface area contributed by atoms with Gasteiger partial charge in [-0.3, -0.25) is 9.59 Å². The van der Waals surface area contributed by atoms with Crippen LogP contribution in [0.2, 0.25) is 35.7 Å². The minimum atomic E-state index is -1.26. The van der Waals surface area contributed by atoms with Crippen LogP contribution in [-0.4, -0.2) is 119 Å². The van der Waals surface area contributed by atoms with Crippen LogP contribution in [0.1, 0.15) is 66.1 Å². The van der Waals surface area contributed by atoms with Crippen molar-refractivity contribution in [2.45, 2.75) is 103 Å². The number of amides is 3. The lowest BCUT2D eigenvalue weighted by Gasteiger charge is -2.39. The standard InChI is InChI=1S/C34H46ClN7O4SSi.C10H8BrClN2OS/c1-34(2,3)46-33(44)37-20-15-21-9-10-22(16-20)42(21)26-17-36-28-24(18-41(30(28)39-26)19-45-13-14-48(6,7)8)23-11-12-25-29(27(23)35)47-31(38-25)32(43)40(4)5;1-14(2)10(15)9-13-6-4-3-5(11)7(12)8(6)16-9/h11-12,17-18,20-22H,9-10,13-16,19H2,1-8H3,(H,37,44);3-4H,1-2H3/t20?,21-,22+;. The number of alkyl carbamates (subject to hydrolysis) is 1. The van der Waals surface area contributed by atoms with Gasteiger partial charge < -0.3 is 34.1 Å². The molecular formula is C44H54BrCl2N9O5S2Si. The Morgan fingerprint density at radius 2 is 1.45 bits per heavy atom. The van der Waals surface area contributed by atoms with Crippen LogP contribution in [0.15, 0.2) is 41.1 Å². The molecule has 20 heteroatoms. The molecule has 342 valence electrons. The van der Waals surface area contributed by atoms with Crippen molar-refractivity contribution >= 4 is 125 Å². The quantitative estimate of drug-likeness (QED) is 0.104. The normalized spacial score (nSPS) is 17.5. The van der Waals surface area contributed by atoms with Gasteiger partial charge in [0, 0.05) is 82.8 Å². The predicted octanol–water partition coefficient (Wildman–Crippen LogP) is 10.8. The number of rotatable bonds is 10. The molecule has 2 saturated heterocycles. The Hall–Kier alpha value is -3.91. The van der Waals surface area contributed by atoms with Crippen LogP contribution in [0.4, 0.5) is 10.6 Å². The molecule has 4 aromatic heterocycles. The first kappa shape index (κ1) is 48.0. The molecule has 2 bridgehead atoms. The molecule has 3 amide bonds. The summed E-state index contributed by atoms with van der Waals surface area (Å²) >= 11 is 19.1. The zero-order valence-electron chi connectivity index (χ0n) is 37.7. The third kappa shape index (κ3) is 10.7. The highest BCUT2D eigenvalue weighted by Gasteiger charge is 2.42. The first-order valence-electron chi connectivity index (χ1n) is 21.1. The summed E-state index contributed by atoms with van der Waals surface area (Å²) in [5.74, 6) is 0.570. The van der Waals surface area contributed by atoms with Gasteiger partial charge in [0.1, 0.15) is 23.7 Å². The van der Waals surface area contributed by atoms with Crippen molar-refractivity contribution in [3.63, 3.8) is 0 Å². The van der Waals surface area contributed by atoms with Gasteiger partial charge in [-0.05, 0) is 86.6 Å². The van der Waals surface area contributed by atoms with E-state index in [1.54, 1.807) is 28.2 Å². The number of nitrogens with zero attached hydrogens (tertiary/aromatic N) is 8. The van der Waals surface area contributed by atoms with Crippen LogP contribution in [0.25, 0.3) is 42.7 Å². The number of anilines is 1. The van der Waals surface area contributed by atoms with Gasteiger partial charge in [-0.25, -0.2) is 24.7 Å². The van der Waals surface area contributed by atoms with Gasteiger partial charge >= 0.3 is 6.09 Å². The molecular weight excluding hydrogens is 978 g/mol. The van der Waals surface area contributed by atoms with Crippen molar-refractivity contribution in [2.24, 2.45) is 0 Å². The van der Waals surface area contributed by atoms with Gasteiger partial charge in [-0.2, -0.15) is 0 Å². The second kappa shape index (κ2) is 19.1. The number of halogens is 3. The lowest BCUT2D eigenvalue weighted by atomic mass is 9.97. The lowest BCUT2D eigenvalue weighted by Crippen LogP contribution is -2.51. The Morgan fingerprint density at radius 3 is 2.02 bits per heavy atom. The molecule has 3 atom stereocenters. The minimum Gasteiger partial charge on any atom is -0.444 e. The SMILES string of the molecule is CN(C)C(=O)c1nc2ccc(-c3cn(COCC[Si](C)(C)C)c4nc(N5[C@@H]6CC[C@H]5CC(NC(=O)OC(C)(C)C)C6)cnc34)c(Cl)c2s1.CN(C)C(=O)c1nc2ccc(Br)c(Cl)c2s1. The summed E-state index contributed by atoms with van der Waals surface area (Å²) in [7, 11) is 5.56. The number of hydrogen-bond donors (Lipinski definition) is 1. The molecule has 0 saturated carbocycles. The van der Waals surface area contributed by atoms with Crippen LogP contribution in [0, 0.1) is 0 Å². The highest BCUT2D eigenvalue weighted by Crippen LogP contribution is 2.43. The number of carbonyl (C=O) groups is 3. The fourth-order valence-corrected chi connectivity index (χ4v) is 11.7. The van der Waals surface area contributed by atoms with Crippen LogP contribution in [0.5, 0.6) is 0 Å². The van der Waals surface area contributed by atoms with E-state index in [2.05, 4.69) is 55.8 Å². The molecule has 6 heterocycles. The lowest BCUT2D eigenvalue weighted by molar-refractivity contribution is 0.0492. The third-order valence-electron chi connectivity index (χ3n) is 10.9. The number of benzene rings is 2. The monoisotopic (exact) mass is 1030 g/mol. The van der Waals surface area contributed by atoms with Crippen LogP contribution in [0.3, 0.4) is 0 Å². The van der Waals surface area contributed by atoms with Crippen molar-refractivity contribution in [3.05, 3.63) is 61.2 Å². The molecule has 2 aliphatic rings. The molecule has 2 aromatic carbocycles. The van der Waals surface area contributed by atoms with E-state index in [0.717, 1.165) is 79.2 Å². The highest BCUT2D eigenvalue weighted by atomic mass is 79.9. The molecule has 0 radical (unpaired) electrons. The maximum Gasteiger partial charge on any atom is 0.407 e. The van der Waals surface area contributed by atoms with Crippen molar-refractivity contribution < 1.29 is 23.9 Å². The summed E-state index contributed by atoms with van der Waals surface area (Å²) in [6.45, 7) is 13.7. The van der Waals surface area contributed by atoms with E-state index in [0.29, 0.717) is 38.9 Å². The summed E-state index contributed by atoms with van der Waals surface area (Å²) in [6, 6.07) is 9.12. The van der Waals surface area contributed by atoms with Crippen molar-refractivity contribution in [1.29, 1.82) is 0 Å². The average Bonchev–Trinajstić information content (AvgIpc) is 3.99. The number of carbonyl (C=O) groups excluding carboxylic acids is 3. The van der Waals surface area contributed by atoms with E-state index in [-0.39, 0.29) is 36.0 Å². The van der Waals surface area contributed by atoms with Gasteiger partial charge in [-0.15, -0.1) is 22.7 Å². The second-order valence-corrected chi connectivity index (χ2v) is 28.0. The van der Waals surface area contributed by atoms with Gasteiger partial charge in [0.05, 0.1) is 36.7 Å². The average molecular weight is 1030 g/mol. The van der Waals surface area contributed by atoms with E-state index < -0.39 is 13.7 Å². The van der Waals surface area contributed by atoms with Crippen LogP contribution in [-0.2, 0) is 16.2 Å². The molecule has 1 N–H and O–H groups in total. The fraction of sp³-hybridized carbons (Fsp3) is 0.477. The minimum absolute atomic E-state index is 0.0536. The Labute approximate surface area is 400 Å². The number of fused-ring (bicyclic) bond motifs is 5. The predicted molar refractivity (Wildman–Crippen MR) is 265 cm³/mol. The van der Waals surface area contributed by atoms with Gasteiger partial charge in [0.25, 0.3) is 11.8 Å². The number of aromatic nitrogens is 5. The van der Waals surface area contributed by atoms with Gasteiger partial charge in [-0.1, -0.05) is 48.9 Å². The molecule has 0 aliphatic carbocycles. The number of nitrogens with one attached hydrogen (secondary N) is 1. The van der Waals surface area contributed by atoms with Crippen LogP contribution >= 0.6 is 61.8 Å². The Balaban J connectivity index is 0.000000321. The summed E-state index contributed by atoms with van der Waals surface area (Å²) in [6.07, 6.45) is 7.24. The summed E-state index contributed by atoms with van der Waals surface area (Å²) in [5, 5.41) is 5.09. The molecule has 1 unspecified atom stereocenters. The molecule has 6 aromatic rings. The molecule has 0 spiro atoms. The topological polar surface area (TPSA) is 148 Å². The zero-order chi connectivity index (χ0) is 46.4. The van der Waals surface area contributed by atoms with Crippen molar-refractivity contribution in [2.75, 3.05) is 39.7 Å². The molecule has 14 nitrogen and oxygen atoms in total. The highest BCUT2D eigenvalue weighted by molar-refractivity contribution is 9.10. The summed E-state index contributed by atoms with van der Waals surface area (Å²) in [5.41, 5.74) is 4.02. The maximum atomic E-state index is 12.6. The molecule has 8 rings (SSSR count). The first-order chi connectivity index (χ1) is 30.1. The van der Waals surface area contributed by atoms with Crippen molar-refractivity contribution in [3.8, 4) is 11.1 Å². The number of piperidine rings is 1. The molecule has 2 aliphatic heterocycles. The van der Waals surface area contributed by atoms with Gasteiger partial charge in [0.2, 0.25) is 0 Å². The fourth-order valence-electron chi connectivity index (χ4n) is 7.81. The Bertz CT molecular complexity index is 2720. The van der Waals surface area contributed by atoms with E-state index in [9.17, 15) is 14.4 Å². The number of ether oxygens (including phenoxy) is 2. The summed E-state index contributed by atoms with van der Waals surface area (Å²) in [4.78, 5) is 61.3. The Morgan fingerprint density at radius 1 is 0.875 bits per heavy atom. The molecule has 2 fully saturated rings. The largest absolute Gasteiger partial charge is 0.444 e. The van der Waals surface area contributed by atoms with E-state index >= 15 is 0 Å². The third-order valence-corrected chi connectivity index (χ3v) is 16.7. The first-order valence-corrected chi connectivity index (χ1v) is 28.0. The van der Waals surface area contributed by atoms with Crippen molar-refractivity contribution in [1.82, 2.24) is 39.6 Å². The van der Waals surface area contributed by atoms with E-state index in [1.165, 1.54) is 32.5 Å². The van der Waals surface area contributed by atoms with Gasteiger partial charge in [0.15, 0.2) is 15.7 Å². The smallest absolute Gasteiger partial charge is 0.407 e. The maximum absolute atomic E-state index is 12.6. The summed E-state index contributed by atoms with van der Waals surface area (Å²) < 4.78 is 16.2.